The van der Waals surface area contributed by atoms with Gasteiger partial charge in [-0.25, -0.2) is 0 Å². The van der Waals surface area contributed by atoms with Crippen molar-refractivity contribution in [3.05, 3.63) is 64.8 Å². The van der Waals surface area contributed by atoms with E-state index in [1.165, 1.54) is 6.92 Å². The number of carbonyl (C=O) groups excluding carboxylic acids is 3. The van der Waals surface area contributed by atoms with E-state index in [1.807, 2.05) is 24.3 Å². The number of nitrogens with one attached hydrogen (secondary N) is 1. The van der Waals surface area contributed by atoms with Crippen LogP contribution < -0.4 is 16.0 Å². The van der Waals surface area contributed by atoms with Gasteiger partial charge in [0, 0.05) is 48.0 Å². The first-order valence-corrected chi connectivity index (χ1v) is 9.98. The highest BCUT2D eigenvalue weighted by atomic mass is 35.5. The van der Waals surface area contributed by atoms with E-state index in [9.17, 15) is 14.4 Å². The van der Waals surface area contributed by atoms with E-state index < -0.39 is 11.9 Å². The molecule has 0 bridgehead atoms. The Morgan fingerprint density at radius 1 is 1.20 bits per heavy atom. The third-order valence-electron chi connectivity index (χ3n) is 5.32. The van der Waals surface area contributed by atoms with Crippen LogP contribution in [-0.2, 0) is 16.0 Å². The molecule has 0 aliphatic carbocycles. The number of nitrogens with two attached hydrogens (primary N) is 1. The molecule has 3 amide bonds. The number of benzene rings is 2. The Morgan fingerprint density at radius 3 is 2.70 bits per heavy atom. The Balaban J connectivity index is 1.82. The number of carbonyl (C=O) groups is 3. The zero-order valence-corrected chi connectivity index (χ0v) is 17.1. The first-order valence-electron chi connectivity index (χ1n) is 9.61. The topological polar surface area (TPSA) is 97.4 Å². The number of anilines is 1. The van der Waals surface area contributed by atoms with Gasteiger partial charge in [0.15, 0.2) is 0 Å². The van der Waals surface area contributed by atoms with E-state index >= 15 is 0 Å². The standard InChI is InChI=1S/C22H21ClN4O3/c1-13(28)25-8-9-26-17-5-3-2-4-14(17)11-20(22(26)30)27-18-7-6-16(23)10-15(18)12-19(27)21(24)29/h2-7,10,12,20H,8-9,11H2,1H3,(H2,24,29)(H,25,28). The number of hydrogen-bond donors (Lipinski definition) is 2. The summed E-state index contributed by atoms with van der Waals surface area (Å²) in [5.41, 5.74) is 8.41. The van der Waals surface area contributed by atoms with Gasteiger partial charge in [-0.2, -0.15) is 0 Å². The van der Waals surface area contributed by atoms with Crippen LogP contribution in [0.5, 0.6) is 0 Å². The highest BCUT2D eigenvalue weighted by Gasteiger charge is 2.36. The summed E-state index contributed by atoms with van der Waals surface area (Å²) in [6.45, 7) is 2.08. The summed E-state index contributed by atoms with van der Waals surface area (Å²) in [6.07, 6.45) is 0.429. The Morgan fingerprint density at radius 2 is 1.97 bits per heavy atom. The molecule has 0 saturated carbocycles. The number of fused-ring (bicyclic) bond motifs is 2. The second-order valence-corrected chi connectivity index (χ2v) is 7.72. The molecule has 0 fully saturated rings. The van der Waals surface area contributed by atoms with Crippen LogP contribution in [-0.4, -0.2) is 35.4 Å². The molecule has 30 heavy (non-hydrogen) atoms. The van der Waals surface area contributed by atoms with Gasteiger partial charge in [0.05, 0.1) is 0 Å². The van der Waals surface area contributed by atoms with Gasteiger partial charge in [0.25, 0.3) is 5.91 Å². The van der Waals surface area contributed by atoms with E-state index in [-0.39, 0.29) is 17.5 Å². The average Bonchev–Trinajstić information content (AvgIpc) is 3.07. The van der Waals surface area contributed by atoms with Gasteiger partial charge < -0.3 is 20.5 Å². The number of para-hydroxylation sites is 1. The van der Waals surface area contributed by atoms with E-state index in [0.717, 1.165) is 16.6 Å². The first-order chi connectivity index (χ1) is 14.4. The van der Waals surface area contributed by atoms with Crippen molar-refractivity contribution < 1.29 is 14.4 Å². The Bertz CT molecular complexity index is 1170. The number of aromatic nitrogens is 1. The molecule has 2 aromatic carbocycles. The number of amides is 3. The monoisotopic (exact) mass is 424 g/mol. The molecule has 1 atom stereocenters. The predicted octanol–water partition coefficient (Wildman–Crippen LogP) is 2.66. The Kier molecular flexibility index (Phi) is 5.22. The normalized spacial score (nSPS) is 15.9. The fraction of sp³-hybridized carbons (Fsp3) is 0.227. The minimum absolute atomic E-state index is 0.158. The predicted molar refractivity (Wildman–Crippen MR) is 116 cm³/mol. The first kappa shape index (κ1) is 20.0. The van der Waals surface area contributed by atoms with E-state index in [1.54, 1.807) is 33.7 Å². The largest absolute Gasteiger partial charge is 0.364 e. The van der Waals surface area contributed by atoms with E-state index in [0.29, 0.717) is 30.0 Å². The summed E-state index contributed by atoms with van der Waals surface area (Å²) in [4.78, 5) is 38.7. The molecule has 154 valence electrons. The summed E-state index contributed by atoms with van der Waals surface area (Å²) >= 11 is 6.11. The van der Waals surface area contributed by atoms with Crippen molar-refractivity contribution in [2.24, 2.45) is 5.73 Å². The van der Waals surface area contributed by atoms with Crippen molar-refractivity contribution in [1.29, 1.82) is 0 Å². The molecule has 7 nitrogen and oxygen atoms in total. The van der Waals surface area contributed by atoms with Crippen LogP contribution in [0.15, 0.2) is 48.5 Å². The van der Waals surface area contributed by atoms with Crippen LogP contribution in [0.3, 0.4) is 0 Å². The minimum Gasteiger partial charge on any atom is -0.364 e. The van der Waals surface area contributed by atoms with Crippen LogP contribution in [0, 0.1) is 0 Å². The third-order valence-corrected chi connectivity index (χ3v) is 5.56. The van der Waals surface area contributed by atoms with Crippen LogP contribution in [0.1, 0.15) is 29.0 Å². The zero-order chi connectivity index (χ0) is 21.4. The quantitative estimate of drug-likeness (QED) is 0.658. The van der Waals surface area contributed by atoms with Gasteiger partial charge in [0.1, 0.15) is 11.7 Å². The molecular formula is C22H21ClN4O3. The fourth-order valence-electron chi connectivity index (χ4n) is 4.05. The minimum atomic E-state index is -0.640. The van der Waals surface area contributed by atoms with E-state index in [2.05, 4.69) is 5.32 Å². The van der Waals surface area contributed by atoms with Crippen molar-refractivity contribution in [3.8, 4) is 0 Å². The van der Waals surface area contributed by atoms with Crippen LogP contribution in [0.2, 0.25) is 5.02 Å². The number of nitrogens with zero attached hydrogens (tertiary/aromatic N) is 2. The highest BCUT2D eigenvalue weighted by Crippen LogP contribution is 2.36. The lowest BCUT2D eigenvalue weighted by atomic mass is 9.96. The van der Waals surface area contributed by atoms with Gasteiger partial charge in [-0.1, -0.05) is 29.8 Å². The van der Waals surface area contributed by atoms with Crippen LogP contribution >= 0.6 is 11.6 Å². The van der Waals surface area contributed by atoms with Crippen molar-refractivity contribution in [2.45, 2.75) is 19.4 Å². The Labute approximate surface area is 178 Å². The number of primary amides is 1. The maximum atomic E-state index is 13.6. The molecular weight excluding hydrogens is 404 g/mol. The zero-order valence-electron chi connectivity index (χ0n) is 16.4. The lowest BCUT2D eigenvalue weighted by Gasteiger charge is -2.35. The maximum Gasteiger partial charge on any atom is 0.265 e. The van der Waals surface area contributed by atoms with Gasteiger partial charge in [-0.05, 0) is 35.9 Å². The molecule has 1 unspecified atom stereocenters. The summed E-state index contributed by atoms with van der Waals surface area (Å²) in [5, 5.41) is 4.01. The molecule has 0 radical (unpaired) electrons. The third kappa shape index (κ3) is 3.52. The molecule has 2 heterocycles. The lowest BCUT2D eigenvalue weighted by molar-refractivity contribution is -0.122. The van der Waals surface area contributed by atoms with Crippen molar-refractivity contribution in [2.75, 3.05) is 18.0 Å². The van der Waals surface area contributed by atoms with Gasteiger partial charge >= 0.3 is 0 Å². The molecule has 0 spiro atoms. The molecule has 1 aliphatic rings. The molecule has 3 aromatic rings. The molecule has 4 rings (SSSR count). The molecule has 3 N–H and O–H groups in total. The second-order valence-electron chi connectivity index (χ2n) is 7.29. The van der Waals surface area contributed by atoms with Gasteiger partial charge in [0.2, 0.25) is 11.8 Å². The van der Waals surface area contributed by atoms with Crippen molar-refractivity contribution in [1.82, 2.24) is 9.88 Å². The van der Waals surface area contributed by atoms with Crippen molar-refractivity contribution in [3.63, 3.8) is 0 Å². The highest BCUT2D eigenvalue weighted by molar-refractivity contribution is 6.31. The van der Waals surface area contributed by atoms with Gasteiger partial charge in [-0.3, -0.25) is 14.4 Å². The molecule has 1 aliphatic heterocycles. The summed E-state index contributed by atoms with van der Waals surface area (Å²) in [7, 11) is 0. The summed E-state index contributed by atoms with van der Waals surface area (Å²) in [5.74, 6) is -0.929. The Hall–Kier alpha value is -3.32. The fourth-order valence-corrected chi connectivity index (χ4v) is 4.23. The number of halogens is 1. The number of hydrogen-bond acceptors (Lipinski definition) is 3. The average molecular weight is 425 g/mol. The van der Waals surface area contributed by atoms with Gasteiger partial charge in [-0.15, -0.1) is 0 Å². The maximum absolute atomic E-state index is 13.6. The molecule has 1 aromatic heterocycles. The summed E-state index contributed by atoms with van der Waals surface area (Å²) in [6, 6.07) is 13.9. The molecule has 0 saturated heterocycles. The second kappa shape index (κ2) is 7.84. The lowest BCUT2D eigenvalue weighted by Crippen LogP contribution is -2.46. The van der Waals surface area contributed by atoms with E-state index in [4.69, 9.17) is 17.3 Å². The van der Waals surface area contributed by atoms with Crippen LogP contribution in [0.4, 0.5) is 5.69 Å². The smallest absolute Gasteiger partial charge is 0.265 e. The molecule has 8 heteroatoms. The number of rotatable bonds is 5. The van der Waals surface area contributed by atoms with Crippen molar-refractivity contribution >= 4 is 45.9 Å². The summed E-state index contributed by atoms with van der Waals surface area (Å²) < 4.78 is 1.71. The van der Waals surface area contributed by atoms with Crippen LogP contribution in [0.25, 0.3) is 10.9 Å². The SMILES string of the molecule is CC(=O)NCCN1C(=O)C(n2c(C(N)=O)cc3cc(Cl)ccc32)Cc2ccccc21.